The van der Waals surface area contributed by atoms with E-state index in [1.54, 1.807) is 4.90 Å². The topological polar surface area (TPSA) is 78.5 Å². The molecule has 176 valence electrons. The molecular formula is C30H23N3O3. The lowest BCUT2D eigenvalue weighted by Gasteiger charge is -2.29. The van der Waals surface area contributed by atoms with Crippen LogP contribution in [0.1, 0.15) is 34.3 Å². The van der Waals surface area contributed by atoms with Crippen LogP contribution in [0, 0.1) is 0 Å². The molecular weight excluding hydrogens is 450 g/mol. The van der Waals surface area contributed by atoms with Crippen molar-refractivity contribution in [3.8, 4) is 0 Å². The van der Waals surface area contributed by atoms with Crippen LogP contribution in [0.2, 0.25) is 0 Å². The van der Waals surface area contributed by atoms with E-state index in [4.69, 9.17) is 0 Å². The van der Waals surface area contributed by atoms with Crippen molar-refractivity contribution in [1.29, 1.82) is 0 Å². The minimum absolute atomic E-state index is 0.155. The van der Waals surface area contributed by atoms with Crippen molar-refractivity contribution >= 4 is 55.7 Å². The van der Waals surface area contributed by atoms with Gasteiger partial charge in [0.25, 0.3) is 5.91 Å². The standard InChI is InChI=1S/C30H23N3O3/c34-26-13-12-25(29(35)32-26)33-16-21-14-22(9-11-24(21)30(33)36)31-15-20-7-6-19-5-4-17-2-1-3-18-8-10-23(20)28(19)27(17)18/h1-11,14,25,31H,12-13,15-16H2,(H,32,34,35). The molecule has 7 rings (SSSR count). The zero-order chi connectivity index (χ0) is 24.4. The second kappa shape index (κ2) is 7.78. The molecule has 1 saturated heterocycles. The largest absolute Gasteiger partial charge is 0.381 e. The van der Waals surface area contributed by atoms with Crippen molar-refractivity contribution in [2.45, 2.75) is 32.0 Å². The summed E-state index contributed by atoms with van der Waals surface area (Å²) in [5.41, 5.74) is 3.65. The second-order valence-electron chi connectivity index (χ2n) is 9.71. The summed E-state index contributed by atoms with van der Waals surface area (Å²) >= 11 is 0. The summed E-state index contributed by atoms with van der Waals surface area (Å²) in [6.07, 6.45) is 0.618. The van der Waals surface area contributed by atoms with Gasteiger partial charge in [0, 0.05) is 30.8 Å². The Morgan fingerprint density at radius 1 is 0.861 bits per heavy atom. The molecule has 0 aliphatic carbocycles. The van der Waals surface area contributed by atoms with Gasteiger partial charge < -0.3 is 10.2 Å². The lowest BCUT2D eigenvalue weighted by atomic mass is 9.92. The molecule has 6 heteroatoms. The zero-order valence-electron chi connectivity index (χ0n) is 19.5. The van der Waals surface area contributed by atoms with E-state index in [1.807, 2.05) is 18.2 Å². The van der Waals surface area contributed by atoms with E-state index in [0.717, 1.165) is 11.3 Å². The fourth-order valence-electron chi connectivity index (χ4n) is 5.83. The van der Waals surface area contributed by atoms with Crippen molar-refractivity contribution in [3.63, 3.8) is 0 Å². The molecule has 0 bridgehead atoms. The van der Waals surface area contributed by atoms with E-state index in [2.05, 4.69) is 65.2 Å². The number of hydrogen-bond donors (Lipinski definition) is 2. The number of rotatable bonds is 4. The molecule has 3 amide bonds. The van der Waals surface area contributed by atoms with Crippen molar-refractivity contribution < 1.29 is 14.4 Å². The number of anilines is 1. The van der Waals surface area contributed by atoms with Crippen molar-refractivity contribution in [2.24, 2.45) is 0 Å². The second-order valence-corrected chi connectivity index (χ2v) is 9.71. The molecule has 5 aromatic carbocycles. The molecule has 1 atom stereocenters. The Kier molecular flexibility index (Phi) is 4.51. The van der Waals surface area contributed by atoms with Gasteiger partial charge in [-0.15, -0.1) is 0 Å². The molecule has 0 radical (unpaired) electrons. The Balaban J connectivity index is 1.16. The molecule has 0 saturated carbocycles. The molecule has 1 unspecified atom stereocenters. The number of benzene rings is 5. The Morgan fingerprint density at radius 2 is 1.61 bits per heavy atom. The Hall–Kier alpha value is -4.45. The summed E-state index contributed by atoms with van der Waals surface area (Å²) in [7, 11) is 0. The van der Waals surface area contributed by atoms with Gasteiger partial charge in [-0.05, 0) is 68.1 Å². The van der Waals surface area contributed by atoms with E-state index in [0.29, 0.717) is 25.1 Å². The predicted molar refractivity (Wildman–Crippen MR) is 140 cm³/mol. The first kappa shape index (κ1) is 20.9. The lowest BCUT2D eigenvalue weighted by molar-refractivity contribution is -0.136. The van der Waals surface area contributed by atoms with Gasteiger partial charge in [-0.3, -0.25) is 19.7 Å². The van der Waals surface area contributed by atoms with E-state index < -0.39 is 6.04 Å². The summed E-state index contributed by atoms with van der Waals surface area (Å²) in [4.78, 5) is 38.4. The van der Waals surface area contributed by atoms with Crippen LogP contribution in [0.5, 0.6) is 0 Å². The van der Waals surface area contributed by atoms with Gasteiger partial charge in [0.1, 0.15) is 6.04 Å². The number of fused-ring (bicyclic) bond motifs is 1. The minimum Gasteiger partial charge on any atom is -0.381 e. The first-order valence-corrected chi connectivity index (χ1v) is 12.2. The molecule has 1 fully saturated rings. The third-order valence-electron chi connectivity index (χ3n) is 7.63. The van der Waals surface area contributed by atoms with Gasteiger partial charge in [-0.25, -0.2) is 0 Å². The van der Waals surface area contributed by atoms with Gasteiger partial charge in [-0.2, -0.15) is 0 Å². The zero-order valence-corrected chi connectivity index (χ0v) is 19.5. The monoisotopic (exact) mass is 473 g/mol. The number of piperidine rings is 1. The van der Waals surface area contributed by atoms with Crippen molar-refractivity contribution in [2.75, 3.05) is 5.32 Å². The van der Waals surface area contributed by atoms with Crippen LogP contribution in [0.3, 0.4) is 0 Å². The van der Waals surface area contributed by atoms with Crippen LogP contribution in [-0.4, -0.2) is 28.7 Å². The van der Waals surface area contributed by atoms with Crippen molar-refractivity contribution in [1.82, 2.24) is 10.2 Å². The van der Waals surface area contributed by atoms with E-state index in [9.17, 15) is 14.4 Å². The number of hydrogen-bond acceptors (Lipinski definition) is 4. The maximum atomic E-state index is 13.0. The molecule has 2 aliphatic heterocycles. The average molecular weight is 474 g/mol. The van der Waals surface area contributed by atoms with Crippen molar-refractivity contribution in [3.05, 3.63) is 89.5 Å². The third-order valence-corrected chi connectivity index (χ3v) is 7.63. The first-order chi connectivity index (χ1) is 17.6. The van der Waals surface area contributed by atoms with Gasteiger partial charge >= 0.3 is 0 Å². The summed E-state index contributed by atoms with van der Waals surface area (Å²) < 4.78 is 0. The highest BCUT2D eigenvalue weighted by molar-refractivity contribution is 6.23. The smallest absolute Gasteiger partial charge is 0.255 e. The predicted octanol–water partition coefficient (Wildman–Crippen LogP) is 4.96. The van der Waals surface area contributed by atoms with E-state index in [-0.39, 0.29) is 24.1 Å². The fraction of sp³-hybridized carbons (Fsp3) is 0.167. The van der Waals surface area contributed by atoms with Crippen LogP contribution >= 0.6 is 0 Å². The number of nitrogens with zero attached hydrogens (tertiary/aromatic N) is 1. The molecule has 6 nitrogen and oxygen atoms in total. The fourth-order valence-corrected chi connectivity index (χ4v) is 5.83. The molecule has 0 spiro atoms. The Bertz CT molecular complexity index is 1710. The molecule has 2 heterocycles. The molecule has 0 aromatic heterocycles. The maximum Gasteiger partial charge on any atom is 0.255 e. The summed E-state index contributed by atoms with van der Waals surface area (Å²) in [6.45, 7) is 1.02. The minimum atomic E-state index is -0.601. The first-order valence-electron chi connectivity index (χ1n) is 12.2. The van der Waals surface area contributed by atoms with Gasteiger partial charge in [-0.1, -0.05) is 54.6 Å². The number of amides is 3. The number of nitrogens with one attached hydrogen (secondary N) is 2. The highest BCUT2D eigenvalue weighted by atomic mass is 16.2. The summed E-state index contributed by atoms with van der Waals surface area (Å²) in [5, 5.41) is 13.5. The average Bonchev–Trinajstić information content (AvgIpc) is 3.21. The quantitative estimate of drug-likeness (QED) is 0.286. The highest BCUT2D eigenvalue weighted by Crippen LogP contribution is 2.36. The van der Waals surface area contributed by atoms with Crippen LogP contribution in [0.15, 0.2) is 72.8 Å². The van der Waals surface area contributed by atoms with Gasteiger partial charge in [0.2, 0.25) is 11.8 Å². The number of carbonyl (C=O) groups excluding carboxylic acids is 3. The summed E-state index contributed by atoms with van der Waals surface area (Å²) in [6, 6.07) is 24.7. The third kappa shape index (κ3) is 3.14. The van der Waals surface area contributed by atoms with Gasteiger partial charge in [0.05, 0.1) is 0 Å². The number of carbonyl (C=O) groups is 3. The SMILES string of the molecule is O=C1CCC(N2Cc3cc(NCc4ccc5ccc6cccc7ccc4c5c67)ccc3C2=O)C(=O)N1. The molecule has 2 aliphatic rings. The maximum absolute atomic E-state index is 13.0. The molecule has 36 heavy (non-hydrogen) atoms. The lowest BCUT2D eigenvalue weighted by Crippen LogP contribution is -2.52. The van der Waals surface area contributed by atoms with Crippen LogP contribution in [-0.2, 0) is 22.7 Å². The van der Waals surface area contributed by atoms with Gasteiger partial charge in [0.15, 0.2) is 0 Å². The van der Waals surface area contributed by atoms with E-state index in [1.165, 1.54) is 37.9 Å². The van der Waals surface area contributed by atoms with Crippen LogP contribution in [0.25, 0.3) is 32.3 Å². The number of imide groups is 1. The van der Waals surface area contributed by atoms with Crippen LogP contribution in [0.4, 0.5) is 5.69 Å². The molecule has 5 aromatic rings. The Labute approximate surface area is 207 Å². The molecule has 2 N–H and O–H groups in total. The van der Waals surface area contributed by atoms with Crippen LogP contribution < -0.4 is 10.6 Å². The highest BCUT2D eigenvalue weighted by Gasteiger charge is 2.39. The summed E-state index contributed by atoms with van der Waals surface area (Å²) in [5.74, 6) is -0.823. The van der Waals surface area contributed by atoms with E-state index >= 15 is 0 Å². The normalized spacial score (nSPS) is 17.8. The Morgan fingerprint density at radius 3 is 2.42 bits per heavy atom.